The van der Waals surface area contributed by atoms with Gasteiger partial charge in [-0.05, 0) is 36.3 Å². The molecule has 0 amide bonds. The fourth-order valence-corrected chi connectivity index (χ4v) is 2.56. The zero-order valence-corrected chi connectivity index (χ0v) is 10.7. The van der Waals surface area contributed by atoms with E-state index < -0.39 is 0 Å². The Morgan fingerprint density at radius 3 is 2.67 bits per heavy atom. The van der Waals surface area contributed by atoms with Crippen LogP contribution in [0.5, 0.6) is 0 Å². The maximum absolute atomic E-state index is 3.37. The van der Waals surface area contributed by atoms with E-state index in [1.807, 2.05) is 0 Å². The highest BCUT2D eigenvalue weighted by molar-refractivity contribution is 7.13. The van der Waals surface area contributed by atoms with Crippen LogP contribution in [0.1, 0.15) is 37.8 Å². The molecule has 0 spiro atoms. The van der Waals surface area contributed by atoms with Crippen molar-refractivity contribution < 1.29 is 0 Å². The number of benzene rings is 1. The predicted octanol–water partition coefficient (Wildman–Crippen LogP) is 3.25. The van der Waals surface area contributed by atoms with E-state index in [0.717, 1.165) is 5.92 Å². The quantitative estimate of drug-likeness (QED) is 0.769. The van der Waals surface area contributed by atoms with Crippen molar-refractivity contribution in [3.05, 3.63) is 35.4 Å². The number of hydrogen-bond acceptors (Lipinski definition) is 1. The van der Waals surface area contributed by atoms with Crippen molar-refractivity contribution in [3.8, 4) is 0 Å². The molecular weight excluding hydrogens is 201 g/mol. The summed E-state index contributed by atoms with van der Waals surface area (Å²) >= 11 is 0. The summed E-state index contributed by atoms with van der Waals surface area (Å²) in [7, 11) is 2.66. The Kier molecular flexibility index (Phi) is 3.13. The monoisotopic (exact) mass is 221 g/mol. The van der Waals surface area contributed by atoms with Crippen LogP contribution in [0.2, 0.25) is 0 Å². The minimum Gasteiger partial charge on any atom is -0.291 e. The van der Waals surface area contributed by atoms with E-state index in [1.165, 1.54) is 30.4 Å². The molecule has 82 valence electrons. The summed E-state index contributed by atoms with van der Waals surface area (Å²) < 4.78 is 0. The van der Waals surface area contributed by atoms with Gasteiger partial charge in [-0.1, -0.05) is 47.5 Å². The van der Waals surface area contributed by atoms with Gasteiger partial charge < -0.3 is 0 Å². The lowest BCUT2D eigenvalue weighted by Gasteiger charge is -2.16. The second-order valence-electron chi connectivity index (χ2n) is 5.02. The lowest BCUT2D eigenvalue weighted by atomic mass is 9.97. The Morgan fingerprint density at radius 2 is 2.13 bits per heavy atom. The molecule has 1 N–H and O–H groups in total. The Bertz CT molecular complexity index is 342. The molecule has 0 aliphatic heterocycles. The summed E-state index contributed by atoms with van der Waals surface area (Å²) in [5, 5.41) is 3.37. The zero-order chi connectivity index (χ0) is 10.9. The Balaban J connectivity index is 2.19. The summed E-state index contributed by atoms with van der Waals surface area (Å²) in [5.74, 6) is 0.736. The number of rotatable bonds is 4. The highest BCUT2D eigenvalue weighted by Gasteiger charge is 2.42. The summed E-state index contributed by atoms with van der Waals surface area (Å²) in [4.78, 5) is 0. The lowest BCUT2D eigenvalue weighted by molar-refractivity contribution is 0.640. The summed E-state index contributed by atoms with van der Waals surface area (Å²) in [5.41, 5.74) is 3.20. The number of nitrogens with one attached hydrogen (secondary N) is 1. The van der Waals surface area contributed by atoms with Crippen LogP contribution >= 0.6 is 9.39 Å². The molecular formula is C13H20NP. The summed E-state index contributed by atoms with van der Waals surface area (Å²) in [6.07, 6.45) is 3.71. The van der Waals surface area contributed by atoms with E-state index in [0.29, 0.717) is 0 Å². The molecule has 2 heteroatoms. The maximum Gasteiger partial charge on any atom is 0.0465 e. The third-order valence-corrected chi connectivity index (χ3v) is 3.70. The highest BCUT2D eigenvalue weighted by atomic mass is 31.0. The van der Waals surface area contributed by atoms with Crippen LogP contribution in [-0.4, -0.2) is 0 Å². The van der Waals surface area contributed by atoms with Crippen molar-refractivity contribution >= 4 is 9.39 Å². The Morgan fingerprint density at radius 1 is 1.40 bits per heavy atom. The zero-order valence-electron chi connectivity index (χ0n) is 9.59. The molecule has 1 unspecified atom stereocenters. The molecule has 0 radical (unpaired) electrons. The first-order valence-electron chi connectivity index (χ1n) is 5.73. The van der Waals surface area contributed by atoms with Gasteiger partial charge in [-0.15, -0.1) is 0 Å². The van der Waals surface area contributed by atoms with Crippen molar-refractivity contribution in [1.82, 2.24) is 5.09 Å². The van der Waals surface area contributed by atoms with Crippen molar-refractivity contribution in [3.63, 3.8) is 0 Å². The minimum absolute atomic E-state index is 0.275. The van der Waals surface area contributed by atoms with E-state index in [1.54, 1.807) is 0 Å². The molecule has 1 aromatic carbocycles. The van der Waals surface area contributed by atoms with Gasteiger partial charge in [0, 0.05) is 5.54 Å². The van der Waals surface area contributed by atoms with E-state index in [2.05, 4.69) is 52.6 Å². The molecule has 1 saturated carbocycles. The second-order valence-corrected chi connectivity index (χ2v) is 5.31. The van der Waals surface area contributed by atoms with E-state index in [4.69, 9.17) is 0 Å². The van der Waals surface area contributed by atoms with Gasteiger partial charge in [0.2, 0.25) is 0 Å². The molecule has 15 heavy (non-hydrogen) atoms. The van der Waals surface area contributed by atoms with Gasteiger partial charge in [0.25, 0.3) is 0 Å². The largest absolute Gasteiger partial charge is 0.291 e. The van der Waals surface area contributed by atoms with Crippen molar-refractivity contribution in [1.29, 1.82) is 0 Å². The molecule has 0 heterocycles. The van der Waals surface area contributed by atoms with Crippen LogP contribution < -0.4 is 5.09 Å². The summed E-state index contributed by atoms with van der Waals surface area (Å²) in [6.45, 7) is 4.54. The third-order valence-electron chi connectivity index (χ3n) is 3.15. The van der Waals surface area contributed by atoms with E-state index in [-0.39, 0.29) is 5.54 Å². The molecule has 1 aliphatic carbocycles. The molecule has 1 aliphatic rings. The van der Waals surface area contributed by atoms with Gasteiger partial charge in [0.15, 0.2) is 0 Å². The molecule has 1 fully saturated rings. The standard InChI is InChI=1S/C13H20NP/c1-10(2)8-11-4-3-5-12(9-11)13(14-15)6-7-13/h3-5,9-10,14H,6-8,15H2,1-2H3. The second kappa shape index (κ2) is 4.23. The van der Waals surface area contributed by atoms with Gasteiger partial charge in [0.05, 0.1) is 0 Å². The molecule has 2 rings (SSSR count). The maximum atomic E-state index is 3.37. The molecule has 0 aromatic heterocycles. The molecule has 0 bridgehead atoms. The Labute approximate surface area is 94.9 Å². The minimum atomic E-state index is 0.275. The predicted molar refractivity (Wildman–Crippen MR) is 68.7 cm³/mol. The summed E-state index contributed by atoms with van der Waals surface area (Å²) in [6, 6.07) is 9.04. The molecule has 1 nitrogen and oxygen atoms in total. The van der Waals surface area contributed by atoms with Crippen molar-refractivity contribution in [2.45, 2.75) is 38.6 Å². The van der Waals surface area contributed by atoms with Crippen molar-refractivity contribution in [2.24, 2.45) is 5.92 Å². The first-order valence-corrected chi connectivity index (χ1v) is 6.31. The van der Waals surface area contributed by atoms with Gasteiger partial charge >= 0.3 is 0 Å². The van der Waals surface area contributed by atoms with E-state index in [9.17, 15) is 0 Å². The van der Waals surface area contributed by atoms with Crippen LogP contribution in [-0.2, 0) is 12.0 Å². The van der Waals surface area contributed by atoms with Crippen LogP contribution in [0.3, 0.4) is 0 Å². The van der Waals surface area contributed by atoms with Crippen LogP contribution in [0.15, 0.2) is 24.3 Å². The van der Waals surface area contributed by atoms with Gasteiger partial charge in [-0.2, -0.15) is 0 Å². The van der Waals surface area contributed by atoms with Gasteiger partial charge in [-0.25, -0.2) is 0 Å². The van der Waals surface area contributed by atoms with Gasteiger partial charge in [0.1, 0.15) is 0 Å². The lowest BCUT2D eigenvalue weighted by Crippen LogP contribution is -2.19. The molecule has 0 saturated heterocycles. The topological polar surface area (TPSA) is 12.0 Å². The first-order chi connectivity index (χ1) is 7.16. The average Bonchev–Trinajstić information content (AvgIpc) is 2.97. The first kappa shape index (κ1) is 11.1. The Hall–Kier alpha value is -0.390. The van der Waals surface area contributed by atoms with E-state index >= 15 is 0 Å². The SMILES string of the molecule is CC(C)Cc1cccc(C2(NP)CC2)c1. The van der Waals surface area contributed by atoms with Crippen molar-refractivity contribution in [2.75, 3.05) is 0 Å². The molecule has 1 atom stereocenters. The normalized spacial score (nSPS) is 18.1. The third kappa shape index (κ3) is 2.41. The fraction of sp³-hybridized carbons (Fsp3) is 0.538. The van der Waals surface area contributed by atoms with Crippen LogP contribution in [0, 0.1) is 5.92 Å². The average molecular weight is 221 g/mol. The van der Waals surface area contributed by atoms with Crippen LogP contribution in [0.4, 0.5) is 0 Å². The smallest absolute Gasteiger partial charge is 0.0465 e. The fourth-order valence-electron chi connectivity index (χ4n) is 2.11. The van der Waals surface area contributed by atoms with Gasteiger partial charge in [-0.3, -0.25) is 5.09 Å². The highest BCUT2D eigenvalue weighted by Crippen LogP contribution is 2.46. The molecule has 1 aromatic rings. The number of hydrogen-bond donors (Lipinski definition) is 1. The van der Waals surface area contributed by atoms with Crippen LogP contribution in [0.25, 0.3) is 0 Å².